The molecular weight excluding hydrogens is 1000 g/mol. The molecule has 0 saturated heterocycles. The number of carbonyl (C=O) groups is 2. The van der Waals surface area contributed by atoms with Crippen molar-refractivity contribution >= 4 is 45.3 Å². The van der Waals surface area contributed by atoms with Crippen LogP contribution < -0.4 is 34.6 Å². The summed E-state index contributed by atoms with van der Waals surface area (Å²) in [5, 5.41) is 8.60. The summed E-state index contributed by atoms with van der Waals surface area (Å²) in [6.07, 6.45) is 7.50. The number of nitrogens with one attached hydrogen (secondary N) is 2. The summed E-state index contributed by atoms with van der Waals surface area (Å²) in [5.74, 6) is 1.62. The van der Waals surface area contributed by atoms with E-state index in [1.807, 2.05) is 49.4 Å². The van der Waals surface area contributed by atoms with Gasteiger partial charge in [-0.1, -0.05) is 60.7 Å². The van der Waals surface area contributed by atoms with Crippen LogP contribution in [0.2, 0.25) is 0 Å². The van der Waals surface area contributed by atoms with Crippen molar-refractivity contribution < 1.29 is 52.2 Å². The van der Waals surface area contributed by atoms with Gasteiger partial charge in [0.15, 0.2) is 0 Å². The number of fused-ring (bicyclic) bond motifs is 2. The Hall–Kier alpha value is -6.92. The fraction of sp³-hybridized carbons (Fsp3) is 0.429. The molecule has 79 heavy (non-hydrogen) atoms. The number of hydrogen-bond donors (Lipinski definition) is 2. The number of anilines is 4. The van der Waals surface area contributed by atoms with Crippen LogP contribution in [0.15, 0.2) is 121 Å². The lowest BCUT2D eigenvalue weighted by molar-refractivity contribution is 0.0498. The van der Waals surface area contributed by atoms with Gasteiger partial charge in [0.05, 0.1) is 103 Å². The van der Waals surface area contributed by atoms with Gasteiger partial charge >= 0.3 is 0 Å². The third kappa shape index (κ3) is 16.6. The zero-order valence-electron chi connectivity index (χ0n) is 46.6. The predicted molar refractivity (Wildman–Crippen MR) is 312 cm³/mol. The Bertz CT molecular complexity index is 2870. The maximum Gasteiger partial charge on any atom is 0.261 e. The third-order valence-electron chi connectivity index (χ3n) is 13.9. The molecule has 2 amide bonds. The van der Waals surface area contributed by atoms with E-state index in [1.54, 1.807) is 13.2 Å². The molecule has 5 aromatic rings. The topological polar surface area (TPSA) is 151 Å². The van der Waals surface area contributed by atoms with Crippen LogP contribution in [0.25, 0.3) is 10.8 Å². The molecule has 0 bridgehead atoms. The van der Waals surface area contributed by atoms with Crippen LogP contribution in [0.1, 0.15) is 50.8 Å². The lowest BCUT2D eigenvalue weighted by Gasteiger charge is -2.29. The van der Waals surface area contributed by atoms with E-state index >= 15 is 0 Å². The normalized spacial score (nSPS) is 15.8. The highest BCUT2D eigenvalue weighted by Crippen LogP contribution is 2.36. The van der Waals surface area contributed by atoms with Crippen molar-refractivity contribution in [3.8, 4) is 17.2 Å². The number of imide groups is 1. The summed E-state index contributed by atoms with van der Waals surface area (Å²) in [4.78, 5) is 33.5. The largest absolute Gasteiger partial charge is 0.490 e. The number of amides is 2. The highest BCUT2D eigenvalue weighted by atomic mass is 16.5. The van der Waals surface area contributed by atoms with E-state index < -0.39 is 0 Å². The van der Waals surface area contributed by atoms with Gasteiger partial charge in [0.25, 0.3) is 11.8 Å². The van der Waals surface area contributed by atoms with E-state index in [2.05, 4.69) is 95.5 Å². The first-order valence-corrected chi connectivity index (χ1v) is 27.8. The SMILES string of the molecule is C=C1C=CC(COCCN2C(=O)c3cccc4c(NCCc5ccc(N6CCOc7cc(C)ccc7NCCOCCOCCN(CCOCCOCC)c7ccc(C)cc7OCC6)c(OCCOC)c5)ccc(c34)C2=O)=CC1. The molecule has 1 aliphatic carbocycles. The Morgan fingerprint density at radius 1 is 0.696 bits per heavy atom. The second-order valence-corrected chi connectivity index (χ2v) is 19.6. The molecule has 422 valence electrons. The Morgan fingerprint density at radius 2 is 1.44 bits per heavy atom. The van der Waals surface area contributed by atoms with Crippen LogP contribution in [0, 0.1) is 13.8 Å². The number of methoxy groups -OCH3 is 1. The Labute approximate surface area is 466 Å². The number of allylic oxidation sites excluding steroid dienone is 3. The number of nitrogens with zero attached hydrogens (tertiary/aromatic N) is 3. The van der Waals surface area contributed by atoms with Gasteiger partial charge < -0.3 is 63.1 Å². The minimum absolute atomic E-state index is 0.158. The molecule has 0 saturated carbocycles. The molecule has 16 heteroatoms. The Kier molecular flexibility index (Phi) is 22.4. The van der Waals surface area contributed by atoms with Crippen LogP contribution in [0.3, 0.4) is 0 Å². The van der Waals surface area contributed by atoms with E-state index in [9.17, 15) is 9.59 Å². The highest BCUT2D eigenvalue weighted by Gasteiger charge is 2.33. The first kappa shape index (κ1) is 58.2. The molecule has 8 rings (SSSR count). The number of hydrogen-bond acceptors (Lipinski definition) is 15. The number of ether oxygens (including phenoxy) is 9. The maximum atomic E-state index is 13.9. The second-order valence-electron chi connectivity index (χ2n) is 19.6. The van der Waals surface area contributed by atoms with E-state index in [0.29, 0.717) is 154 Å². The van der Waals surface area contributed by atoms with Crippen molar-refractivity contribution in [2.24, 2.45) is 0 Å². The van der Waals surface area contributed by atoms with Crippen LogP contribution in [0.5, 0.6) is 17.2 Å². The van der Waals surface area contributed by atoms with Crippen LogP contribution in [-0.4, -0.2) is 162 Å². The van der Waals surface area contributed by atoms with Gasteiger partial charge in [0, 0.05) is 67.5 Å². The van der Waals surface area contributed by atoms with Gasteiger partial charge in [0.1, 0.15) is 37.1 Å². The molecular formula is C63H79N5O11. The van der Waals surface area contributed by atoms with Crippen LogP contribution in [-0.2, 0) is 34.8 Å². The van der Waals surface area contributed by atoms with Crippen molar-refractivity contribution in [3.05, 3.63) is 149 Å². The summed E-state index contributed by atoms with van der Waals surface area (Å²) >= 11 is 0. The van der Waals surface area contributed by atoms with Gasteiger partial charge in [-0.15, -0.1) is 0 Å². The molecule has 2 heterocycles. The van der Waals surface area contributed by atoms with Crippen molar-refractivity contribution in [1.82, 2.24) is 4.90 Å². The molecule has 0 radical (unpaired) electrons. The highest BCUT2D eigenvalue weighted by molar-refractivity contribution is 6.26. The van der Waals surface area contributed by atoms with E-state index in [1.165, 1.54) is 4.90 Å². The summed E-state index contributed by atoms with van der Waals surface area (Å²) in [5.41, 5.74) is 9.94. The van der Waals surface area contributed by atoms with Crippen molar-refractivity contribution in [2.75, 3.05) is 166 Å². The minimum Gasteiger partial charge on any atom is -0.490 e. The number of carbonyl (C=O) groups excluding carboxylic acids is 2. The first-order chi connectivity index (χ1) is 38.7. The van der Waals surface area contributed by atoms with E-state index in [4.69, 9.17) is 42.6 Å². The van der Waals surface area contributed by atoms with Crippen LogP contribution in [0.4, 0.5) is 22.7 Å². The smallest absolute Gasteiger partial charge is 0.261 e. The fourth-order valence-electron chi connectivity index (χ4n) is 9.67. The van der Waals surface area contributed by atoms with Gasteiger partial charge in [-0.3, -0.25) is 14.5 Å². The lowest BCUT2D eigenvalue weighted by atomic mass is 9.93. The zero-order chi connectivity index (χ0) is 55.2. The second kappa shape index (κ2) is 30.4. The Balaban J connectivity index is 0.990. The quantitative estimate of drug-likeness (QED) is 0.0530. The average Bonchev–Trinajstić information content (AvgIpc) is 3.53. The molecule has 0 unspecified atom stereocenters. The van der Waals surface area contributed by atoms with Crippen LogP contribution >= 0.6 is 0 Å². The van der Waals surface area contributed by atoms with Gasteiger partial charge in [0.2, 0.25) is 0 Å². The average molecular weight is 1080 g/mol. The van der Waals surface area contributed by atoms with Gasteiger partial charge in [-0.05, 0) is 110 Å². The molecule has 2 N–H and O–H groups in total. The molecule has 16 nitrogen and oxygen atoms in total. The minimum atomic E-state index is -0.322. The standard InChI is InChI=1S/C63H79N5O11/c1-6-72-37-38-74-31-25-66-26-32-75-40-39-73-30-24-65-55-18-12-47(3)42-58(55)77-34-27-67(28-35-78-59-43-48(4)13-20-56(59)66)57-21-16-49(44-60(57)79-41-36-71-5)22-23-64-54-19-17-53-61-51(54)8-7-9-52(61)62(69)68(63(53)70)29-33-76-45-50-14-10-46(2)11-15-50/h7-10,12-21,42-44,64-65H,2,6,11,22-41,45H2,1,3-5H3. The van der Waals surface area contributed by atoms with Gasteiger partial charge in [-0.25, -0.2) is 0 Å². The Morgan fingerprint density at radius 3 is 2.24 bits per heavy atom. The number of rotatable bonds is 21. The number of aryl methyl sites for hydroxylation is 2. The van der Waals surface area contributed by atoms with Crippen molar-refractivity contribution in [2.45, 2.75) is 33.6 Å². The molecule has 5 aromatic carbocycles. The maximum absolute atomic E-state index is 13.9. The summed E-state index contributed by atoms with van der Waals surface area (Å²) in [6.45, 7) is 20.1. The zero-order valence-corrected chi connectivity index (χ0v) is 46.6. The monoisotopic (exact) mass is 1080 g/mol. The molecule has 0 atom stereocenters. The summed E-state index contributed by atoms with van der Waals surface area (Å²) in [6, 6.07) is 28.2. The van der Waals surface area contributed by atoms with Crippen molar-refractivity contribution in [3.63, 3.8) is 0 Å². The predicted octanol–water partition coefficient (Wildman–Crippen LogP) is 9.47. The van der Waals surface area contributed by atoms with Gasteiger partial charge in [-0.2, -0.15) is 0 Å². The van der Waals surface area contributed by atoms with E-state index in [-0.39, 0.29) is 25.0 Å². The molecule has 0 fully saturated rings. The number of benzene rings is 5. The molecule has 2 aliphatic heterocycles. The summed E-state index contributed by atoms with van der Waals surface area (Å²) < 4.78 is 54.8. The lowest BCUT2D eigenvalue weighted by Crippen LogP contribution is -2.42. The van der Waals surface area contributed by atoms with Crippen molar-refractivity contribution in [1.29, 1.82) is 0 Å². The fourth-order valence-corrected chi connectivity index (χ4v) is 9.67. The summed E-state index contributed by atoms with van der Waals surface area (Å²) in [7, 11) is 1.67. The molecule has 0 aromatic heterocycles. The molecule has 3 aliphatic rings. The van der Waals surface area contributed by atoms with E-state index in [0.717, 1.165) is 73.9 Å². The first-order valence-electron chi connectivity index (χ1n) is 27.8. The molecule has 0 spiro atoms. The third-order valence-corrected chi connectivity index (χ3v) is 13.9.